The molecule has 1 heterocycles. The van der Waals surface area contributed by atoms with Crippen LogP contribution < -0.4 is 10.2 Å². The Morgan fingerprint density at radius 1 is 1.55 bits per heavy atom. The second kappa shape index (κ2) is 6.28. The zero-order valence-corrected chi connectivity index (χ0v) is 13.6. The van der Waals surface area contributed by atoms with E-state index in [0.717, 1.165) is 22.3 Å². The van der Waals surface area contributed by atoms with Gasteiger partial charge in [0.1, 0.15) is 5.54 Å². The molecule has 0 amide bonds. The topological polar surface area (TPSA) is 78.4 Å². The lowest BCUT2D eigenvalue weighted by atomic mass is 9.96. The summed E-state index contributed by atoms with van der Waals surface area (Å²) in [6, 6.07) is 0. The number of anilines is 1. The molecule has 0 aliphatic heterocycles. The van der Waals surface area contributed by atoms with Crippen LogP contribution in [-0.4, -0.2) is 53.2 Å². The minimum absolute atomic E-state index is 0.230. The first-order chi connectivity index (χ1) is 9.49. The molecule has 1 atom stereocenters. The number of carboxylic acid groups (broad SMARTS) is 1. The molecule has 0 saturated heterocycles. The summed E-state index contributed by atoms with van der Waals surface area (Å²) < 4.78 is 0.817. The Morgan fingerprint density at radius 3 is 2.70 bits per heavy atom. The zero-order valence-electron chi connectivity index (χ0n) is 11.9. The highest BCUT2D eigenvalue weighted by Crippen LogP contribution is 2.43. The maximum absolute atomic E-state index is 11.7. The van der Waals surface area contributed by atoms with Crippen molar-refractivity contribution < 1.29 is 9.90 Å². The van der Waals surface area contributed by atoms with Crippen molar-refractivity contribution in [3.05, 3.63) is 0 Å². The lowest BCUT2D eigenvalue weighted by Crippen LogP contribution is -2.56. The molecule has 1 aliphatic carbocycles. The van der Waals surface area contributed by atoms with Gasteiger partial charge in [0.2, 0.25) is 5.13 Å². The summed E-state index contributed by atoms with van der Waals surface area (Å²) in [7, 11) is 3.83. The monoisotopic (exact) mass is 316 g/mol. The number of carboxylic acids is 1. The highest BCUT2D eigenvalue weighted by atomic mass is 32.2. The smallest absolute Gasteiger partial charge is 0.325 e. The molecule has 0 spiro atoms. The molecular formula is C12H20N4O2S2. The number of hydrogen-bond acceptors (Lipinski definition) is 7. The maximum Gasteiger partial charge on any atom is 0.325 e. The van der Waals surface area contributed by atoms with Crippen molar-refractivity contribution in [2.24, 2.45) is 5.92 Å². The molecule has 6 nitrogen and oxygen atoms in total. The number of aliphatic carboxylic acids is 1. The van der Waals surface area contributed by atoms with Gasteiger partial charge in [-0.25, -0.2) is 0 Å². The predicted octanol–water partition coefficient (Wildman–Crippen LogP) is 1.54. The summed E-state index contributed by atoms with van der Waals surface area (Å²) in [5.41, 5.74) is -0.830. The van der Waals surface area contributed by atoms with Crippen LogP contribution in [0, 0.1) is 5.92 Å². The Morgan fingerprint density at radius 2 is 2.25 bits per heavy atom. The number of aromatic nitrogens is 2. The fourth-order valence-corrected chi connectivity index (χ4v) is 4.18. The molecule has 2 N–H and O–H groups in total. The molecule has 8 heteroatoms. The SMILES string of the molecule is CCNC(CSc1nnc(N(C)C)s1)(C(=O)O)C1CC1. The van der Waals surface area contributed by atoms with Crippen LogP contribution in [-0.2, 0) is 4.79 Å². The van der Waals surface area contributed by atoms with E-state index in [0.29, 0.717) is 12.3 Å². The van der Waals surface area contributed by atoms with Gasteiger partial charge in [0.25, 0.3) is 0 Å². The first-order valence-electron chi connectivity index (χ1n) is 6.61. The predicted molar refractivity (Wildman–Crippen MR) is 81.7 cm³/mol. The number of carbonyl (C=O) groups is 1. The molecule has 1 saturated carbocycles. The Balaban J connectivity index is 2.06. The summed E-state index contributed by atoms with van der Waals surface area (Å²) in [5.74, 6) is -0.0384. The first-order valence-corrected chi connectivity index (χ1v) is 8.42. The second-order valence-corrected chi connectivity index (χ2v) is 7.29. The van der Waals surface area contributed by atoms with E-state index in [1.165, 1.54) is 23.1 Å². The minimum Gasteiger partial charge on any atom is -0.480 e. The Kier molecular flexibility index (Phi) is 4.87. The molecule has 112 valence electrons. The third kappa shape index (κ3) is 3.24. The van der Waals surface area contributed by atoms with Gasteiger partial charge in [0, 0.05) is 19.8 Å². The number of rotatable bonds is 8. The number of hydrogen-bond donors (Lipinski definition) is 2. The van der Waals surface area contributed by atoms with E-state index >= 15 is 0 Å². The molecule has 1 aromatic heterocycles. The number of thioether (sulfide) groups is 1. The average Bonchev–Trinajstić information content (AvgIpc) is 3.12. The lowest BCUT2D eigenvalue weighted by molar-refractivity contribution is -0.144. The molecule has 1 unspecified atom stereocenters. The number of nitrogens with zero attached hydrogens (tertiary/aromatic N) is 3. The largest absolute Gasteiger partial charge is 0.480 e. The molecule has 2 rings (SSSR count). The van der Waals surface area contributed by atoms with Gasteiger partial charge in [0.15, 0.2) is 4.34 Å². The molecule has 1 fully saturated rings. The van der Waals surface area contributed by atoms with Gasteiger partial charge in [-0.3, -0.25) is 4.79 Å². The summed E-state index contributed by atoms with van der Waals surface area (Å²) in [5, 5.41) is 21.8. The zero-order chi connectivity index (χ0) is 14.8. The highest BCUT2D eigenvalue weighted by Gasteiger charge is 2.50. The molecule has 0 bridgehead atoms. The van der Waals surface area contributed by atoms with Crippen LogP contribution in [0.15, 0.2) is 4.34 Å². The van der Waals surface area contributed by atoms with Crippen LogP contribution in [0.5, 0.6) is 0 Å². The van der Waals surface area contributed by atoms with E-state index in [2.05, 4.69) is 15.5 Å². The maximum atomic E-state index is 11.7. The fourth-order valence-electron chi connectivity index (χ4n) is 2.13. The Labute approximate surface area is 127 Å². The number of nitrogens with one attached hydrogen (secondary N) is 1. The molecular weight excluding hydrogens is 296 g/mol. The van der Waals surface area contributed by atoms with Crippen molar-refractivity contribution in [2.75, 3.05) is 31.3 Å². The third-order valence-electron chi connectivity index (χ3n) is 3.35. The van der Waals surface area contributed by atoms with Crippen LogP contribution in [0.4, 0.5) is 5.13 Å². The van der Waals surface area contributed by atoms with Gasteiger partial charge < -0.3 is 15.3 Å². The van der Waals surface area contributed by atoms with Crippen LogP contribution >= 0.6 is 23.1 Å². The van der Waals surface area contributed by atoms with E-state index in [9.17, 15) is 9.90 Å². The Bertz CT molecular complexity index is 476. The third-order valence-corrected chi connectivity index (χ3v) is 5.77. The molecule has 1 aromatic rings. The van der Waals surface area contributed by atoms with Gasteiger partial charge >= 0.3 is 5.97 Å². The molecule has 20 heavy (non-hydrogen) atoms. The van der Waals surface area contributed by atoms with E-state index in [1.807, 2.05) is 25.9 Å². The quantitative estimate of drug-likeness (QED) is 0.704. The normalized spacial score (nSPS) is 17.8. The number of likely N-dealkylation sites (N-methyl/N-ethyl adjacent to an activating group) is 1. The second-order valence-electron chi connectivity index (χ2n) is 5.11. The van der Waals surface area contributed by atoms with Crippen LogP contribution in [0.3, 0.4) is 0 Å². The summed E-state index contributed by atoms with van der Waals surface area (Å²) in [6.07, 6.45) is 1.97. The lowest BCUT2D eigenvalue weighted by Gasteiger charge is -2.29. The summed E-state index contributed by atoms with van der Waals surface area (Å²) in [4.78, 5) is 13.6. The molecule has 1 aliphatic rings. The van der Waals surface area contributed by atoms with Gasteiger partial charge in [-0.2, -0.15) is 0 Å². The van der Waals surface area contributed by atoms with E-state index in [-0.39, 0.29) is 5.92 Å². The van der Waals surface area contributed by atoms with Crippen LogP contribution in [0.2, 0.25) is 0 Å². The van der Waals surface area contributed by atoms with Gasteiger partial charge in [-0.05, 0) is 25.3 Å². The van der Waals surface area contributed by atoms with Gasteiger partial charge in [-0.1, -0.05) is 30.0 Å². The fraction of sp³-hybridized carbons (Fsp3) is 0.750. The van der Waals surface area contributed by atoms with E-state index in [4.69, 9.17) is 0 Å². The van der Waals surface area contributed by atoms with Crippen molar-refractivity contribution in [3.8, 4) is 0 Å². The van der Waals surface area contributed by atoms with Crippen molar-refractivity contribution >= 4 is 34.2 Å². The van der Waals surface area contributed by atoms with E-state index < -0.39 is 11.5 Å². The van der Waals surface area contributed by atoms with Gasteiger partial charge in [-0.15, -0.1) is 10.2 Å². The first kappa shape index (κ1) is 15.5. The van der Waals surface area contributed by atoms with Crippen molar-refractivity contribution in [1.29, 1.82) is 0 Å². The average molecular weight is 316 g/mol. The standard InChI is InChI=1S/C12H20N4O2S2/c1-4-13-12(9(17)18,8-5-6-8)7-19-11-15-14-10(20-11)16(2)3/h8,13H,4-7H2,1-3H3,(H,17,18). The minimum atomic E-state index is -0.830. The van der Waals surface area contributed by atoms with Crippen molar-refractivity contribution in [2.45, 2.75) is 29.6 Å². The highest BCUT2D eigenvalue weighted by molar-refractivity contribution is 8.01. The van der Waals surface area contributed by atoms with Crippen LogP contribution in [0.25, 0.3) is 0 Å². The summed E-state index contributed by atoms with van der Waals surface area (Å²) >= 11 is 2.97. The van der Waals surface area contributed by atoms with Gasteiger partial charge in [0.05, 0.1) is 0 Å². The van der Waals surface area contributed by atoms with Crippen molar-refractivity contribution in [3.63, 3.8) is 0 Å². The Hall–Kier alpha value is -0.860. The van der Waals surface area contributed by atoms with Crippen LogP contribution in [0.1, 0.15) is 19.8 Å². The summed E-state index contributed by atoms with van der Waals surface area (Å²) in [6.45, 7) is 2.60. The molecule has 0 radical (unpaired) electrons. The van der Waals surface area contributed by atoms with Crippen molar-refractivity contribution in [1.82, 2.24) is 15.5 Å². The molecule has 0 aromatic carbocycles. The van der Waals surface area contributed by atoms with E-state index in [1.54, 1.807) is 0 Å².